The maximum atomic E-state index is 5.46. The molecule has 0 spiro atoms. The minimum atomic E-state index is 0.380. The molecular weight excluding hydrogens is 150 g/mol. The summed E-state index contributed by atoms with van der Waals surface area (Å²) in [6, 6.07) is 6.94. The number of pyridine rings is 1. The zero-order valence-corrected chi connectivity index (χ0v) is 7.16. The summed E-state index contributed by atoms with van der Waals surface area (Å²) in [5.41, 5.74) is 1.04. The van der Waals surface area contributed by atoms with Crippen molar-refractivity contribution in [2.45, 2.75) is 25.4 Å². The van der Waals surface area contributed by atoms with E-state index in [1.54, 1.807) is 0 Å². The second kappa shape index (κ2) is 3.23. The standard InChI is InChI=1S/C10H12NO/c1-8-6-9(7-12-8)10-4-2-3-5-11-10/h2-3,5,8-9H,6-7H2,1H3. The van der Waals surface area contributed by atoms with Crippen LogP contribution in [0.4, 0.5) is 0 Å². The molecule has 1 aliphatic heterocycles. The Hall–Kier alpha value is -0.890. The first-order chi connectivity index (χ1) is 5.86. The smallest absolute Gasteiger partial charge is 0.0554 e. The third kappa shape index (κ3) is 1.48. The predicted molar refractivity (Wildman–Crippen MR) is 45.8 cm³/mol. The average molecular weight is 162 g/mol. The quantitative estimate of drug-likeness (QED) is 0.628. The lowest BCUT2D eigenvalue weighted by Crippen LogP contribution is -2.00. The fraction of sp³-hybridized carbons (Fsp3) is 0.500. The molecule has 1 radical (unpaired) electrons. The topological polar surface area (TPSA) is 22.1 Å². The van der Waals surface area contributed by atoms with Crippen molar-refractivity contribution in [1.29, 1.82) is 0 Å². The summed E-state index contributed by atoms with van der Waals surface area (Å²) in [5, 5.41) is 0. The van der Waals surface area contributed by atoms with Gasteiger partial charge in [-0.2, -0.15) is 0 Å². The van der Waals surface area contributed by atoms with Crippen LogP contribution < -0.4 is 0 Å². The van der Waals surface area contributed by atoms with Gasteiger partial charge >= 0.3 is 0 Å². The lowest BCUT2D eigenvalue weighted by atomic mass is 10.0. The van der Waals surface area contributed by atoms with E-state index in [2.05, 4.69) is 18.0 Å². The zero-order chi connectivity index (χ0) is 8.39. The number of ether oxygens (including phenoxy) is 1. The van der Waals surface area contributed by atoms with Gasteiger partial charge in [-0.1, -0.05) is 6.07 Å². The van der Waals surface area contributed by atoms with Crippen LogP contribution in [-0.4, -0.2) is 17.7 Å². The van der Waals surface area contributed by atoms with Crippen molar-refractivity contribution < 1.29 is 4.74 Å². The Bertz CT molecular complexity index is 247. The summed E-state index contributed by atoms with van der Waals surface area (Å²) in [7, 11) is 0. The van der Waals surface area contributed by atoms with Crippen molar-refractivity contribution in [1.82, 2.24) is 4.98 Å². The minimum Gasteiger partial charge on any atom is -0.378 e. The third-order valence-corrected chi connectivity index (χ3v) is 2.21. The number of hydrogen-bond donors (Lipinski definition) is 0. The highest BCUT2D eigenvalue weighted by atomic mass is 16.5. The van der Waals surface area contributed by atoms with Crippen molar-refractivity contribution >= 4 is 0 Å². The number of nitrogens with zero attached hydrogens (tertiary/aromatic N) is 1. The van der Waals surface area contributed by atoms with Crippen LogP contribution in [-0.2, 0) is 4.74 Å². The van der Waals surface area contributed by atoms with Crippen molar-refractivity contribution in [3.05, 3.63) is 30.1 Å². The fourth-order valence-electron chi connectivity index (χ4n) is 1.57. The summed E-state index contributed by atoms with van der Waals surface area (Å²) in [6.07, 6.45) is 3.27. The lowest BCUT2D eigenvalue weighted by Gasteiger charge is -2.04. The van der Waals surface area contributed by atoms with Gasteiger partial charge in [0.25, 0.3) is 0 Å². The van der Waals surface area contributed by atoms with E-state index in [-0.39, 0.29) is 0 Å². The Balaban J connectivity index is 2.11. The van der Waals surface area contributed by atoms with Crippen LogP contribution in [0.25, 0.3) is 0 Å². The molecule has 2 heteroatoms. The molecule has 1 aromatic rings. The van der Waals surface area contributed by atoms with E-state index in [1.165, 1.54) is 0 Å². The van der Waals surface area contributed by atoms with Gasteiger partial charge in [-0.25, -0.2) is 0 Å². The van der Waals surface area contributed by atoms with Gasteiger partial charge in [0.2, 0.25) is 0 Å². The number of aromatic nitrogens is 1. The molecule has 1 aliphatic rings. The molecular formula is C10H12NO. The summed E-state index contributed by atoms with van der Waals surface area (Å²) in [5.74, 6) is 0.459. The van der Waals surface area contributed by atoms with Crippen molar-refractivity contribution in [3.8, 4) is 0 Å². The SMILES string of the molecule is CC1CC(c2[c]cccn2)CO1. The van der Waals surface area contributed by atoms with Crippen LogP contribution in [0.3, 0.4) is 0 Å². The summed E-state index contributed by atoms with van der Waals surface area (Å²) in [6.45, 7) is 2.90. The normalized spacial score (nSPS) is 29.1. The maximum Gasteiger partial charge on any atom is 0.0554 e. The van der Waals surface area contributed by atoms with Crippen LogP contribution in [0.2, 0.25) is 0 Å². The molecule has 1 saturated heterocycles. The number of hydrogen-bond acceptors (Lipinski definition) is 2. The summed E-state index contributed by atoms with van der Waals surface area (Å²) >= 11 is 0. The molecule has 2 nitrogen and oxygen atoms in total. The highest BCUT2D eigenvalue weighted by Gasteiger charge is 2.24. The van der Waals surface area contributed by atoms with Gasteiger partial charge in [-0.15, -0.1) is 0 Å². The largest absolute Gasteiger partial charge is 0.378 e. The second-order valence-electron chi connectivity index (χ2n) is 3.24. The van der Waals surface area contributed by atoms with Crippen LogP contribution in [0.15, 0.2) is 18.3 Å². The first kappa shape index (κ1) is 7.74. The van der Waals surface area contributed by atoms with Gasteiger partial charge in [0.15, 0.2) is 0 Å². The first-order valence-corrected chi connectivity index (χ1v) is 4.30. The molecule has 0 aromatic carbocycles. The highest BCUT2D eigenvalue weighted by molar-refractivity contribution is 5.09. The van der Waals surface area contributed by atoms with E-state index >= 15 is 0 Å². The molecule has 63 valence electrons. The fourth-order valence-corrected chi connectivity index (χ4v) is 1.57. The van der Waals surface area contributed by atoms with E-state index < -0.39 is 0 Å². The van der Waals surface area contributed by atoms with E-state index in [0.29, 0.717) is 12.0 Å². The van der Waals surface area contributed by atoms with E-state index in [9.17, 15) is 0 Å². The molecule has 1 fully saturated rings. The van der Waals surface area contributed by atoms with Crippen molar-refractivity contribution in [3.63, 3.8) is 0 Å². The van der Waals surface area contributed by atoms with Gasteiger partial charge in [0.05, 0.1) is 18.4 Å². The molecule has 0 saturated carbocycles. The van der Waals surface area contributed by atoms with E-state index in [1.807, 2.05) is 18.3 Å². The van der Waals surface area contributed by atoms with Crippen molar-refractivity contribution in [2.75, 3.05) is 6.61 Å². The molecule has 2 unspecified atom stereocenters. The third-order valence-electron chi connectivity index (χ3n) is 2.21. The molecule has 0 bridgehead atoms. The molecule has 2 rings (SSSR count). The van der Waals surface area contributed by atoms with Crippen LogP contribution in [0.5, 0.6) is 0 Å². The van der Waals surface area contributed by atoms with Crippen LogP contribution >= 0.6 is 0 Å². The van der Waals surface area contributed by atoms with Crippen LogP contribution in [0, 0.1) is 6.07 Å². The Kier molecular flexibility index (Phi) is 2.09. The van der Waals surface area contributed by atoms with Gasteiger partial charge < -0.3 is 4.74 Å². The second-order valence-corrected chi connectivity index (χ2v) is 3.24. The monoisotopic (exact) mass is 162 g/mol. The van der Waals surface area contributed by atoms with Gasteiger partial charge in [0.1, 0.15) is 0 Å². The van der Waals surface area contributed by atoms with Gasteiger partial charge in [-0.3, -0.25) is 4.98 Å². The van der Waals surface area contributed by atoms with Gasteiger partial charge in [-0.05, 0) is 19.4 Å². The Morgan fingerprint density at radius 1 is 1.67 bits per heavy atom. The summed E-state index contributed by atoms with van der Waals surface area (Å²) < 4.78 is 5.46. The molecule has 12 heavy (non-hydrogen) atoms. The molecule has 0 N–H and O–H groups in total. The Morgan fingerprint density at radius 2 is 2.58 bits per heavy atom. The van der Waals surface area contributed by atoms with Crippen LogP contribution in [0.1, 0.15) is 25.0 Å². The highest BCUT2D eigenvalue weighted by Crippen LogP contribution is 2.26. The maximum absolute atomic E-state index is 5.46. The molecule has 0 aliphatic carbocycles. The van der Waals surface area contributed by atoms with Crippen molar-refractivity contribution in [2.24, 2.45) is 0 Å². The molecule has 1 aromatic heterocycles. The molecule has 0 amide bonds. The van der Waals surface area contributed by atoms with E-state index in [0.717, 1.165) is 18.7 Å². The van der Waals surface area contributed by atoms with Gasteiger partial charge in [0, 0.05) is 18.2 Å². The Labute approximate surface area is 72.6 Å². The zero-order valence-electron chi connectivity index (χ0n) is 7.16. The first-order valence-electron chi connectivity index (χ1n) is 4.30. The molecule has 2 heterocycles. The minimum absolute atomic E-state index is 0.380. The van der Waals surface area contributed by atoms with E-state index in [4.69, 9.17) is 4.74 Å². The predicted octanol–water partition coefficient (Wildman–Crippen LogP) is 1.77. The average Bonchev–Trinajstić information content (AvgIpc) is 2.54. The summed E-state index contributed by atoms with van der Waals surface area (Å²) in [4.78, 5) is 4.26. The lowest BCUT2D eigenvalue weighted by molar-refractivity contribution is 0.123. The number of rotatable bonds is 1. The molecule has 2 atom stereocenters. The Morgan fingerprint density at radius 3 is 3.17 bits per heavy atom.